The predicted octanol–water partition coefficient (Wildman–Crippen LogP) is 7.00. The maximum atomic E-state index is 10.8. The Morgan fingerprint density at radius 1 is 0.781 bits per heavy atom. The summed E-state index contributed by atoms with van der Waals surface area (Å²) in [6, 6.07) is 15.6. The molecule has 2 aliphatic rings. The van der Waals surface area contributed by atoms with Crippen LogP contribution >= 0.6 is 12.2 Å². The maximum Gasteiger partial charge on any atom is 0.269 e. The highest BCUT2D eigenvalue weighted by Gasteiger charge is 2.30. The summed E-state index contributed by atoms with van der Waals surface area (Å²) in [4.78, 5) is 13.0. The Hall–Kier alpha value is -2.67. The van der Waals surface area contributed by atoms with Crippen LogP contribution in [0.4, 0.5) is 22.7 Å². The molecular formula is C25H32N4O2S. The normalized spacial score (nSPS) is 17.5. The molecule has 0 aromatic heterocycles. The van der Waals surface area contributed by atoms with Crippen LogP contribution in [0.3, 0.4) is 0 Å². The zero-order valence-electron chi connectivity index (χ0n) is 18.5. The molecule has 0 amide bonds. The first kappa shape index (κ1) is 22.5. The van der Waals surface area contributed by atoms with E-state index >= 15 is 0 Å². The van der Waals surface area contributed by atoms with Crippen LogP contribution in [-0.2, 0) is 0 Å². The minimum atomic E-state index is -0.392. The second kappa shape index (κ2) is 10.8. The summed E-state index contributed by atoms with van der Waals surface area (Å²) >= 11 is 5.93. The summed E-state index contributed by atoms with van der Waals surface area (Å²) in [5.41, 5.74) is 2.81. The Bertz CT molecular complexity index is 887. The first-order valence-electron chi connectivity index (χ1n) is 11.8. The Labute approximate surface area is 195 Å². The lowest BCUT2D eigenvalue weighted by molar-refractivity contribution is -0.384. The van der Waals surface area contributed by atoms with Crippen LogP contribution < -0.4 is 10.6 Å². The van der Waals surface area contributed by atoms with Gasteiger partial charge in [0.15, 0.2) is 5.11 Å². The van der Waals surface area contributed by atoms with Crippen molar-refractivity contribution in [3.05, 3.63) is 58.6 Å². The van der Waals surface area contributed by atoms with Crippen molar-refractivity contribution in [1.82, 2.24) is 4.90 Å². The molecule has 170 valence electrons. The lowest BCUT2D eigenvalue weighted by Crippen LogP contribution is -2.50. The topological polar surface area (TPSA) is 70.4 Å². The summed E-state index contributed by atoms with van der Waals surface area (Å²) in [5.74, 6) is 0. The van der Waals surface area contributed by atoms with E-state index in [1.54, 1.807) is 12.1 Å². The zero-order chi connectivity index (χ0) is 22.3. The quantitative estimate of drug-likeness (QED) is 0.279. The largest absolute Gasteiger partial charge is 0.356 e. The van der Waals surface area contributed by atoms with Crippen LogP contribution in [0, 0.1) is 10.1 Å². The zero-order valence-corrected chi connectivity index (χ0v) is 19.3. The predicted molar refractivity (Wildman–Crippen MR) is 135 cm³/mol. The van der Waals surface area contributed by atoms with E-state index in [-0.39, 0.29) is 5.69 Å². The van der Waals surface area contributed by atoms with Gasteiger partial charge >= 0.3 is 0 Å². The first-order chi connectivity index (χ1) is 15.6. The van der Waals surface area contributed by atoms with Gasteiger partial charge in [-0.3, -0.25) is 10.1 Å². The van der Waals surface area contributed by atoms with Crippen molar-refractivity contribution in [3.8, 4) is 0 Å². The third-order valence-corrected chi connectivity index (χ3v) is 6.99. The van der Waals surface area contributed by atoms with Gasteiger partial charge in [0.25, 0.3) is 5.69 Å². The molecule has 2 fully saturated rings. The van der Waals surface area contributed by atoms with Crippen LogP contribution in [0.1, 0.15) is 64.2 Å². The number of rotatable bonds is 6. The third-order valence-electron chi connectivity index (χ3n) is 6.67. The number of nitrogens with one attached hydrogen (secondary N) is 2. The molecule has 0 heterocycles. The molecule has 2 aromatic rings. The lowest BCUT2D eigenvalue weighted by Gasteiger charge is -2.43. The number of thiocarbonyl (C=S) groups is 1. The summed E-state index contributed by atoms with van der Waals surface area (Å²) in [5, 5.41) is 18.5. The Morgan fingerprint density at radius 3 is 1.69 bits per heavy atom. The standard InChI is InChI=1S/C25H32N4O2S/c30-29(31)24-17-15-20(16-18-24)26-19-11-13-21(14-12-19)27-25(32)28(22-7-3-1-4-8-22)23-9-5-2-6-10-23/h11-18,22-23,26H,1-10H2,(H,27,32). The number of nitrogens with zero attached hydrogens (tertiary/aromatic N) is 2. The van der Waals surface area contributed by atoms with E-state index in [4.69, 9.17) is 12.2 Å². The van der Waals surface area contributed by atoms with Crippen molar-refractivity contribution in [2.45, 2.75) is 76.3 Å². The van der Waals surface area contributed by atoms with Gasteiger partial charge in [-0.25, -0.2) is 0 Å². The molecule has 0 spiro atoms. The van der Waals surface area contributed by atoms with Crippen molar-refractivity contribution in [1.29, 1.82) is 0 Å². The van der Waals surface area contributed by atoms with E-state index in [0.29, 0.717) is 12.1 Å². The summed E-state index contributed by atoms with van der Waals surface area (Å²) in [6.45, 7) is 0. The lowest BCUT2D eigenvalue weighted by atomic mass is 9.89. The SMILES string of the molecule is O=[N+]([O-])c1ccc(Nc2ccc(NC(=S)N(C3CCCCC3)C3CCCCC3)cc2)cc1. The fraction of sp³-hybridized carbons (Fsp3) is 0.480. The van der Waals surface area contributed by atoms with Gasteiger partial charge in [-0.2, -0.15) is 0 Å². The molecule has 0 unspecified atom stereocenters. The average Bonchev–Trinajstić information content (AvgIpc) is 2.82. The van der Waals surface area contributed by atoms with E-state index in [9.17, 15) is 10.1 Å². The molecule has 32 heavy (non-hydrogen) atoms. The van der Waals surface area contributed by atoms with Gasteiger partial charge in [0.05, 0.1) is 4.92 Å². The van der Waals surface area contributed by atoms with Crippen LogP contribution in [-0.4, -0.2) is 27.0 Å². The van der Waals surface area contributed by atoms with Gasteiger partial charge in [0, 0.05) is 41.3 Å². The molecule has 6 nitrogen and oxygen atoms in total. The molecule has 2 N–H and O–H groups in total. The molecule has 0 radical (unpaired) electrons. The fourth-order valence-electron chi connectivity index (χ4n) is 5.01. The highest BCUT2D eigenvalue weighted by Crippen LogP contribution is 2.31. The van der Waals surface area contributed by atoms with E-state index in [0.717, 1.165) is 22.2 Å². The fourth-order valence-corrected chi connectivity index (χ4v) is 5.42. The molecule has 7 heteroatoms. The maximum absolute atomic E-state index is 10.8. The Balaban J connectivity index is 1.40. The third kappa shape index (κ3) is 5.76. The van der Waals surface area contributed by atoms with Crippen LogP contribution in [0.25, 0.3) is 0 Å². The van der Waals surface area contributed by atoms with Crippen molar-refractivity contribution in [3.63, 3.8) is 0 Å². The molecule has 2 saturated carbocycles. The van der Waals surface area contributed by atoms with E-state index in [2.05, 4.69) is 15.5 Å². The molecule has 2 aliphatic carbocycles. The van der Waals surface area contributed by atoms with E-state index < -0.39 is 4.92 Å². The van der Waals surface area contributed by atoms with Gasteiger partial charge in [0.1, 0.15) is 0 Å². The smallest absolute Gasteiger partial charge is 0.269 e. The van der Waals surface area contributed by atoms with Gasteiger partial charge in [-0.15, -0.1) is 0 Å². The highest BCUT2D eigenvalue weighted by atomic mass is 32.1. The number of benzene rings is 2. The van der Waals surface area contributed by atoms with Gasteiger partial charge in [0.2, 0.25) is 0 Å². The molecule has 0 atom stereocenters. The summed E-state index contributed by atoms with van der Waals surface area (Å²) in [6.07, 6.45) is 12.9. The summed E-state index contributed by atoms with van der Waals surface area (Å²) < 4.78 is 0. The second-order valence-corrected chi connectivity index (χ2v) is 9.31. The number of hydrogen-bond acceptors (Lipinski definition) is 4. The average molecular weight is 453 g/mol. The van der Waals surface area contributed by atoms with E-state index in [1.165, 1.54) is 76.3 Å². The second-order valence-electron chi connectivity index (χ2n) is 8.93. The monoisotopic (exact) mass is 452 g/mol. The minimum Gasteiger partial charge on any atom is -0.356 e. The van der Waals surface area contributed by atoms with Crippen molar-refractivity contribution < 1.29 is 4.92 Å². The Kier molecular flexibility index (Phi) is 7.58. The molecule has 0 aliphatic heterocycles. The van der Waals surface area contributed by atoms with Gasteiger partial charge in [-0.05, 0) is 74.3 Å². The molecule has 2 aromatic carbocycles. The molecule has 0 bridgehead atoms. The van der Waals surface area contributed by atoms with Crippen LogP contribution in [0.2, 0.25) is 0 Å². The summed E-state index contributed by atoms with van der Waals surface area (Å²) in [7, 11) is 0. The van der Waals surface area contributed by atoms with Crippen LogP contribution in [0.15, 0.2) is 48.5 Å². The number of nitro benzene ring substituents is 1. The van der Waals surface area contributed by atoms with Crippen molar-refractivity contribution in [2.24, 2.45) is 0 Å². The number of anilines is 3. The van der Waals surface area contributed by atoms with Crippen molar-refractivity contribution >= 4 is 40.1 Å². The molecule has 0 saturated heterocycles. The first-order valence-corrected chi connectivity index (χ1v) is 12.2. The number of non-ortho nitro benzene ring substituents is 1. The van der Waals surface area contributed by atoms with Crippen molar-refractivity contribution in [2.75, 3.05) is 10.6 Å². The minimum absolute atomic E-state index is 0.0871. The Morgan fingerprint density at radius 2 is 1.22 bits per heavy atom. The highest BCUT2D eigenvalue weighted by molar-refractivity contribution is 7.80. The van der Waals surface area contributed by atoms with Crippen LogP contribution in [0.5, 0.6) is 0 Å². The number of nitro groups is 1. The van der Waals surface area contributed by atoms with E-state index in [1.807, 2.05) is 24.3 Å². The van der Waals surface area contributed by atoms with Gasteiger partial charge in [-0.1, -0.05) is 38.5 Å². The molecular weight excluding hydrogens is 420 g/mol. The van der Waals surface area contributed by atoms with Gasteiger partial charge < -0.3 is 15.5 Å². The molecule has 4 rings (SSSR count). The number of hydrogen-bond donors (Lipinski definition) is 2.